The van der Waals surface area contributed by atoms with E-state index in [1.54, 1.807) is 12.3 Å². The Morgan fingerprint density at radius 3 is 2.77 bits per heavy atom. The Morgan fingerprint density at radius 1 is 1.30 bits per heavy atom. The second kappa shape index (κ2) is 10.3. The third-order valence-electron chi connectivity index (χ3n) is 5.05. The summed E-state index contributed by atoms with van der Waals surface area (Å²) in [4.78, 5) is 17.5. The first-order valence-electron chi connectivity index (χ1n) is 9.95. The molecule has 1 saturated heterocycles. The van der Waals surface area contributed by atoms with E-state index >= 15 is 0 Å². The summed E-state index contributed by atoms with van der Waals surface area (Å²) < 4.78 is 35.7. The van der Waals surface area contributed by atoms with Gasteiger partial charge in [-0.15, -0.1) is 0 Å². The second-order valence-electron chi connectivity index (χ2n) is 7.40. The summed E-state index contributed by atoms with van der Waals surface area (Å²) in [6.45, 7) is 2.29. The topological polar surface area (TPSA) is 71.9 Å². The standard InChI is InChI=1S/C22H26F2N2O4/c1-15(10-18(28)13-27)16-2-4-19(5-3-16)30-20-7-9-26(12-20)17-6-8-25-22(11-17)29-14-21(23)24/h2-6,8,11,15,20-21,27H,7,9-10,12-14H2,1H3/t15-,20?/m1/s1. The molecule has 0 spiro atoms. The fraction of sp³-hybridized carbons (Fsp3) is 0.455. The number of hydrogen-bond donors (Lipinski definition) is 1. The normalized spacial score (nSPS) is 17.2. The molecule has 6 nitrogen and oxygen atoms in total. The Labute approximate surface area is 174 Å². The number of pyridine rings is 1. The van der Waals surface area contributed by atoms with Crippen molar-refractivity contribution in [3.8, 4) is 11.6 Å². The van der Waals surface area contributed by atoms with Gasteiger partial charge in [-0.3, -0.25) is 4.79 Å². The predicted molar refractivity (Wildman–Crippen MR) is 109 cm³/mol. The lowest BCUT2D eigenvalue weighted by Gasteiger charge is -2.20. The Morgan fingerprint density at radius 2 is 2.07 bits per heavy atom. The van der Waals surface area contributed by atoms with Crippen LogP contribution in [0.4, 0.5) is 14.5 Å². The van der Waals surface area contributed by atoms with Crippen molar-refractivity contribution in [2.45, 2.75) is 38.2 Å². The maximum Gasteiger partial charge on any atom is 0.272 e. The molecule has 162 valence electrons. The number of carbonyl (C=O) groups is 1. The number of carbonyl (C=O) groups excluding carboxylic acids is 1. The molecule has 1 N–H and O–H groups in total. The van der Waals surface area contributed by atoms with E-state index in [9.17, 15) is 13.6 Å². The van der Waals surface area contributed by atoms with E-state index in [-0.39, 0.29) is 23.7 Å². The summed E-state index contributed by atoms with van der Waals surface area (Å²) in [5, 5.41) is 8.89. The average Bonchev–Trinajstić information content (AvgIpc) is 3.21. The number of ether oxygens (including phenoxy) is 2. The minimum atomic E-state index is -2.54. The third-order valence-corrected chi connectivity index (χ3v) is 5.05. The highest BCUT2D eigenvalue weighted by molar-refractivity contribution is 5.80. The van der Waals surface area contributed by atoms with Gasteiger partial charge >= 0.3 is 0 Å². The van der Waals surface area contributed by atoms with Gasteiger partial charge in [-0.25, -0.2) is 13.8 Å². The highest BCUT2D eigenvalue weighted by atomic mass is 19.3. The Kier molecular flexibility index (Phi) is 7.57. The predicted octanol–water partition coefficient (Wildman–Crippen LogP) is 3.44. The maximum absolute atomic E-state index is 12.3. The van der Waals surface area contributed by atoms with Crippen molar-refractivity contribution in [3.05, 3.63) is 48.2 Å². The zero-order valence-electron chi connectivity index (χ0n) is 16.8. The molecule has 0 saturated carbocycles. The quantitative estimate of drug-likeness (QED) is 0.635. The third kappa shape index (κ3) is 6.13. The molecule has 0 bridgehead atoms. The number of aliphatic hydroxyl groups excluding tert-OH is 1. The van der Waals surface area contributed by atoms with Crippen molar-refractivity contribution in [2.24, 2.45) is 0 Å². The molecular weight excluding hydrogens is 394 g/mol. The van der Waals surface area contributed by atoms with Gasteiger partial charge in [0.2, 0.25) is 5.88 Å². The van der Waals surface area contributed by atoms with Crippen LogP contribution in [0.2, 0.25) is 0 Å². The van der Waals surface area contributed by atoms with E-state index < -0.39 is 19.6 Å². The average molecular weight is 420 g/mol. The van der Waals surface area contributed by atoms with Gasteiger partial charge in [0, 0.05) is 37.3 Å². The fourth-order valence-electron chi connectivity index (χ4n) is 3.47. The smallest absolute Gasteiger partial charge is 0.272 e. The van der Waals surface area contributed by atoms with Crippen LogP contribution in [0.25, 0.3) is 0 Å². The first-order valence-corrected chi connectivity index (χ1v) is 9.95. The van der Waals surface area contributed by atoms with Crippen LogP contribution in [0.1, 0.15) is 31.2 Å². The number of anilines is 1. The van der Waals surface area contributed by atoms with E-state index in [0.29, 0.717) is 13.0 Å². The minimum absolute atomic E-state index is 0.00263. The molecule has 8 heteroatoms. The zero-order valence-corrected chi connectivity index (χ0v) is 16.8. The van der Waals surface area contributed by atoms with Gasteiger partial charge < -0.3 is 19.5 Å². The van der Waals surface area contributed by atoms with Crippen LogP contribution in [-0.2, 0) is 4.79 Å². The van der Waals surface area contributed by atoms with Crippen LogP contribution in [0, 0.1) is 0 Å². The summed E-state index contributed by atoms with van der Waals surface area (Å²) >= 11 is 0. The molecule has 1 fully saturated rings. The second-order valence-corrected chi connectivity index (χ2v) is 7.40. The van der Waals surface area contributed by atoms with Gasteiger partial charge in [0.15, 0.2) is 12.4 Å². The highest BCUT2D eigenvalue weighted by Gasteiger charge is 2.25. The first-order chi connectivity index (χ1) is 14.4. The van der Waals surface area contributed by atoms with Crippen LogP contribution >= 0.6 is 0 Å². The number of aromatic nitrogens is 1. The number of rotatable bonds is 10. The number of ketones is 1. The van der Waals surface area contributed by atoms with Gasteiger partial charge in [0.05, 0.1) is 6.54 Å². The fourth-order valence-corrected chi connectivity index (χ4v) is 3.47. The monoisotopic (exact) mass is 420 g/mol. The van der Waals surface area contributed by atoms with Gasteiger partial charge in [-0.05, 0) is 29.7 Å². The Balaban J connectivity index is 1.53. The SMILES string of the molecule is C[C@H](CC(=O)CO)c1ccc(OC2CCN(c3ccnc(OCC(F)F)c3)C2)cc1. The number of nitrogens with zero attached hydrogens (tertiary/aromatic N) is 2. The molecule has 1 aromatic heterocycles. The molecule has 0 radical (unpaired) electrons. The number of Topliss-reactive ketones (excluding diaryl/α,β-unsaturated/α-hetero) is 1. The van der Waals surface area contributed by atoms with Crippen LogP contribution in [-0.4, -0.2) is 54.7 Å². The summed E-state index contributed by atoms with van der Waals surface area (Å²) in [7, 11) is 0. The van der Waals surface area contributed by atoms with Crippen molar-refractivity contribution in [2.75, 3.05) is 31.2 Å². The van der Waals surface area contributed by atoms with E-state index in [0.717, 1.165) is 30.0 Å². The Hall–Kier alpha value is -2.74. The molecule has 2 atom stereocenters. The summed E-state index contributed by atoms with van der Waals surface area (Å²) in [5.74, 6) is 0.796. The maximum atomic E-state index is 12.3. The molecule has 2 aromatic rings. The van der Waals surface area contributed by atoms with Crippen LogP contribution in [0.5, 0.6) is 11.6 Å². The molecule has 0 amide bonds. The largest absolute Gasteiger partial charge is 0.489 e. The van der Waals surface area contributed by atoms with E-state index in [2.05, 4.69) is 9.88 Å². The van der Waals surface area contributed by atoms with Gasteiger partial charge in [0.1, 0.15) is 18.5 Å². The number of benzene rings is 1. The lowest BCUT2D eigenvalue weighted by atomic mass is 9.96. The van der Waals surface area contributed by atoms with Crippen LogP contribution in [0.3, 0.4) is 0 Å². The molecule has 0 aliphatic carbocycles. The lowest BCUT2D eigenvalue weighted by molar-refractivity contribution is -0.122. The highest BCUT2D eigenvalue weighted by Crippen LogP contribution is 2.27. The summed E-state index contributed by atoms with van der Waals surface area (Å²) in [5.41, 5.74) is 1.88. The molecule has 1 aromatic carbocycles. The van der Waals surface area contributed by atoms with Crippen LogP contribution in [0.15, 0.2) is 42.6 Å². The number of alkyl halides is 2. The van der Waals surface area contributed by atoms with E-state index in [1.807, 2.05) is 37.3 Å². The summed E-state index contributed by atoms with van der Waals surface area (Å²) in [6, 6.07) is 11.1. The van der Waals surface area contributed by atoms with Crippen molar-refractivity contribution >= 4 is 11.5 Å². The van der Waals surface area contributed by atoms with Crippen molar-refractivity contribution in [3.63, 3.8) is 0 Å². The minimum Gasteiger partial charge on any atom is -0.489 e. The van der Waals surface area contributed by atoms with E-state index in [1.165, 1.54) is 0 Å². The van der Waals surface area contributed by atoms with Gasteiger partial charge in [-0.2, -0.15) is 0 Å². The molecule has 3 rings (SSSR count). The Bertz CT molecular complexity index is 832. The number of aliphatic hydroxyl groups is 1. The molecule has 30 heavy (non-hydrogen) atoms. The van der Waals surface area contributed by atoms with Gasteiger partial charge in [-0.1, -0.05) is 19.1 Å². The molecule has 1 unspecified atom stereocenters. The van der Waals surface area contributed by atoms with Crippen molar-refractivity contribution in [1.82, 2.24) is 4.98 Å². The zero-order chi connectivity index (χ0) is 21.5. The number of hydrogen-bond acceptors (Lipinski definition) is 6. The molecule has 1 aliphatic rings. The molecule has 2 heterocycles. The van der Waals surface area contributed by atoms with Crippen molar-refractivity contribution < 1.29 is 28.2 Å². The van der Waals surface area contributed by atoms with Crippen LogP contribution < -0.4 is 14.4 Å². The van der Waals surface area contributed by atoms with Crippen molar-refractivity contribution in [1.29, 1.82) is 0 Å². The molecule has 1 aliphatic heterocycles. The lowest BCUT2D eigenvalue weighted by Crippen LogP contribution is -2.24. The summed E-state index contributed by atoms with van der Waals surface area (Å²) in [6.07, 6.45) is 0.153. The first kappa shape index (κ1) is 22.0. The molecular formula is C22H26F2N2O4. The van der Waals surface area contributed by atoms with E-state index in [4.69, 9.17) is 14.6 Å². The number of halogens is 2. The van der Waals surface area contributed by atoms with Gasteiger partial charge in [0.25, 0.3) is 6.43 Å².